The van der Waals surface area contributed by atoms with E-state index < -0.39 is 0 Å². The van der Waals surface area contributed by atoms with Gasteiger partial charge in [-0.15, -0.1) is 22.0 Å². The second kappa shape index (κ2) is 5.12. The third kappa shape index (κ3) is 2.71. The monoisotopic (exact) mass is 305 g/mol. The zero-order valence-electron chi connectivity index (χ0n) is 12.3. The van der Waals surface area contributed by atoms with Gasteiger partial charge in [0.2, 0.25) is 5.89 Å². The van der Waals surface area contributed by atoms with Gasteiger partial charge in [0.25, 0.3) is 0 Å². The molecule has 2 aromatic rings. The number of hydrogen-bond donors (Lipinski definition) is 0. The van der Waals surface area contributed by atoms with Crippen molar-refractivity contribution in [3.8, 4) is 0 Å². The highest BCUT2D eigenvalue weighted by atomic mass is 32.2. The summed E-state index contributed by atoms with van der Waals surface area (Å²) < 4.78 is 7.63. The molecule has 2 heterocycles. The van der Waals surface area contributed by atoms with Crippen LogP contribution in [0.5, 0.6) is 0 Å². The van der Waals surface area contributed by atoms with Gasteiger partial charge in [0, 0.05) is 12.0 Å². The van der Waals surface area contributed by atoms with Crippen molar-refractivity contribution in [3.05, 3.63) is 23.4 Å². The van der Waals surface area contributed by atoms with Gasteiger partial charge in [0.1, 0.15) is 11.6 Å². The number of thioether (sulfide) groups is 1. The molecule has 21 heavy (non-hydrogen) atoms. The van der Waals surface area contributed by atoms with Crippen LogP contribution >= 0.6 is 11.8 Å². The van der Waals surface area contributed by atoms with Crippen LogP contribution in [-0.4, -0.2) is 24.9 Å². The van der Waals surface area contributed by atoms with E-state index in [4.69, 9.17) is 4.52 Å². The molecule has 0 saturated heterocycles. The van der Waals surface area contributed by atoms with Crippen LogP contribution in [0.15, 0.2) is 4.52 Å². The average Bonchev–Trinajstić information content (AvgIpc) is 3.40. The summed E-state index contributed by atoms with van der Waals surface area (Å²) in [6.45, 7) is 3.94. The van der Waals surface area contributed by atoms with Crippen LogP contribution in [0.25, 0.3) is 0 Å². The molecule has 112 valence electrons. The van der Waals surface area contributed by atoms with E-state index in [1.54, 1.807) is 11.8 Å². The molecule has 6 nitrogen and oxygen atoms in total. The van der Waals surface area contributed by atoms with E-state index in [0.29, 0.717) is 23.7 Å². The highest BCUT2D eigenvalue weighted by molar-refractivity contribution is 7.98. The summed E-state index contributed by atoms with van der Waals surface area (Å²) in [6, 6.07) is 0.646. The topological polar surface area (TPSA) is 69.6 Å². The highest BCUT2D eigenvalue weighted by Gasteiger charge is 2.36. The van der Waals surface area contributed by atoms with Crippen molar-refractivity contribution in [2.45, 2.75) is 62.5 Å². The maximum atomic E-state index is 5.23. The lowest BCUT2D eigenvalue weighted by molar-refractivity contribution is 0.376. The molecule has 2 aromatic heterocycles. The number of nitrogens with zero attached hydrogens (tertiary/aromatic N) is 5. The van der Waals surface area contributed by atoms with Crippen molar-refractivity contribution in [2.75, 3.05) is 0 Å². The molecule has 1 atom stereocenters. The van der Waals surface area contributed by atoms with Gasteiger partial charge in [-0.05, 0) is 39.5 Å². The van der Waals surface area contributed by atoms with E-state index >= 15 is 0 Å². The molecule has 0 aliphatic heterocycles. The highest BCUT2D eigenvalue weighted by Crippen LogP contribution is 2.45. The molecule has 4 rings (SSSR count). The summed E-state index contributed by atoms with van der Waals surface area (Å²) in [6.07, 6.45) is 5.09. The molecule has 7 heteroatoms. The SMILES string of the molecule is Cc1noc(C(C)SCc2nnc(C3CC3)n2C2CC2)n1. The maximum absolute atomic E-state index is 5.23. The lowest BCUT2D eigenvalue weighted by Crippen LogP contribution is -2.05. The first-order valence-corrected chi connectivity index (χ1v) is 8.62. The zero-order chi connectivity index (χ0) is 14.4. The van der Waals surface area contributed by atoms with Gasteiger partial charge in [-0.1, -0.05) is 5.16 Å². The van der Waals surface area contributed by atoms with Crippen LogP contribution in [0, 0.1) is 6.92 Å². The molecular formula is C14H19N5OS. The zero-order valence-corrected chi connectivity index (χ0v) is 13.1. The predicted octanol–water partition coefficient (Wildman–Crippen LogP) is 3.18. The van der Waals surface area contributed by atoms with Crippen LogP contribution in [-0.2, 0) is 5.75 Å². The summed E-state index contributed by atoms with van der Waals surface area (Å²) in [7, 11) is 0. The van der Waals surface area contributed by atoms with Gasteiger partial charge in [-0.25, -0.2) is 0 Å². The Labute approximate surface area is 127 Å². The second-order valence-electron chi connectivity index (χ2n) is 5.98. The van der Waals surface area contributed by atoms with Crippen molar-refractivity contribution in [2.24, 2.45) is 0 Å². The minimum atomic E-state index is 0.180. The number of rotatable bonds is 6. The lowest BCUT2D eigenvalue weighted by Gasteiger charge is -2.10. The number of aromatic nitrogens is 5. The molecule has 0 radical (unpaired) electrons. The normalized spacial score (nSPS) is 19.9. The minimum absolute atomic E-state index is 0.180. The molecule has 2 fully saturated rings. The molecular weight excluding hydrogens is 286 g/mol. The second-order valence-corrected chi connectivity index (χ2v) is 7.31. The molecule has 2 aliphatic carbocycles. The Bertz CT molecular complexity index is 644. The van der Waals surface area contributed by atoms with Gasteiger partial charge < -0.3 is 9.09 Å². The summed E-state index contributed by atoms with van der Waals surface area (Å²) >= 11 is 1.78. The average molecular weight is 305 g/mol. The van der Waals surface area contributed by atoms with Crippen molar-refractivity contribution in [1.29, 1.82) is 0 Å². The van der Waals surface area contributed by atoms with Gasteiger partial charge in [-0.2, -0.15) is 4.98 Å². The Morgan fingerprint density at radius 2 is 2.10 bits per heavy atom. The van der Waals surface area contributed by atoms with Crippen LogP contribution < -0.4 is 0 Å². The van der Waals surface area contributed by atoms with E-state index in [0.717, 1.165) is 11.6 Å². The van der Waals surface area contributed by atoms with Gasteiger partial charge in [0.15, 0.2) is 5.82 Å². The van der Waals surface area contributed by atoms with Gasteiger partial charge >= 0.3 is 0 Å². The molecule has 0 N–H and O–H groups in total. The molecule has 0 spiro atoms. The maximum Gasteiger partial charge on any atom is 0.239 e. The third-order valence-corrected chi connectivity index (χ3v) is 5.13. The smallest absolute Gasteiger partial charge is 0.239 e. The molecule has 2 aliphatic rings. The van der Waals surface area contributed by atoms with Crippen LogP contribution in [0.1, 0.15) is 73.2 Å². The molecule has 0 bridgehead atoms. The summed E-state index contributed by atoms with van der Waals surface area (Å²) in [5.41, 5.74) is 0. The van der Waals surface area contributed by atoms with Crippen LogP contribution in [0.3, 0.4) is 0 Å². The number of hydrogen-bond acceptors (Lipinski definition) is 6. The predicted molar refractivity (Wildman–Crippen MR) is 79.0 cm³/mol. The van der Waals surface area contributed by atoms with Gasteiger partial charge in [0.05, 0.1) is 11.0 Å². The Hall–Kier alpha value is -1.37. The fraction of sp³-hybridized carbons (Fsp3) is 0.714. The first kappa shape index (κ1) is 13.3. The Morgan fingerprint density at radius 1 is 1.29 bits per heavy atom. The third-order valence-electron chi connectivity index (χ3n) is 4.00. The molecule has 1 unspecified atom stereocenters. The Morgan fingerprint density at radius 3 is 2.71 bits per heavy atom. The summed E-state index contributed by atoms with van der Waals surface area (Å²) in [5, 5.41) is 12.9. The quantitative estimate of drug-likeness (QED) is 0.816. The lowest BCUT2D eigenvalue weighted by atomic mass is 10.4. The van der Waals surface area contributed by atoms with E-state index in [9.17, 15) is 0 Å². The van der Waals surface area contributed by atoms with E-state index in [1.807, 2.05) is 6.92 Å². The van der Waals surface area contributed by atoms with Gasteiger partial charge in [-0.3, -0.25) is 0 Å². The molecule has 0 amide bonds. The van der Waals surface area contributed by atoms with E-state index in [2.05, 4.69) is 31.8 Å². The fourth-order valence-corrected chi connectivity index (χ4v) is 3.37. The fourth-order valence-electron chi connectivity index (χ4n) is 2.54. The van der Waals surface area contributed by atoms with Crippen molar-refractivity contribution >= 4 is 11.8 Å². The minimum Gasteiger partial charge on any atom is -0.338 e. The number of aryl methyl sites for hydroxylation is 1. The van der Waals surface area contributed by atoms with E-state index in [1.165, 1.54) is 31.5 Å². The van der Waals surface area contributed by atoms with Crippen LogP contribution in [0.4, 0.5) is 0 Å². The summed E-state index contributed by atoms with van der Waals surface area (Å²) in [4.78, 5) is 4.29. The first-order valence-electron chi connectivity index (χ1n) is 7.58. The van der Waals surface area contributed by atoms with Crippen molar-refractivity contribution in [1.82, 2.24) is 24.9 Å². The molecule has 2 saturated carbocycles. The first-order chi connectivity index (χ1) is 10.2. The largest absolute Gasteiger partial charge is 0.338 e. The summed E-state index contributed by atoms with van der Waals surface area (Å²) in [5.74, 6) is 5.21. The standard InChI is InChI=1S/C14H19N5OS/c1-8(14-15-9(2)18-20-14)21-7-12-16-17-13(10-3-4-10)19(12)11-5-6-11/h8,10-11H,3-7H2,1-2H3. The molecule has 0 aromatic carbocycles. The van der Waals surface area contributed by atoms with E-state index in [-0.39, 0.29) is 5.25 Å². The van der Waals surface area contributed by atoms with Crippen molar-refractivity contribution in [3.63, 3.8) is 0 Å². The Kier molecular flexibility index (Phi) is 3.24. The Balaban J connectivity index is 1.47. The van der Waals surface area contributed by atoms with Crippen molar-refractivity contribution < 1.29 is 4.52 Å². The van der Waals surface area contributed by atoms with Crippen LogP contribution in [0.2, 0.25) is 0 Å².